The average molecular weight is 623 g/mol. The van der Waals surface area contributed by atoms with Crippen LogP contribution in [0, 0.1) is 11.6 Å². The van der Waals surface area contributed by atoms with Crippen molar-refractivity contribution in [2.24, 2.45) is 0 Å². The zero-order chi connectivity index (χ0) is 29.4. The van der Waals surface area contributed by atoms with Gasteiger partial charge in [0.15, 0.2) is 0 Å². The van der Waals surface area contributed by atoms with Crippen molar-refractivity contribution in [2.75, 3.05) is 32.0 Å². The number of rotatable bonds is 11. The Balaban J connectivity index is 0.00000484. The van der Waals surface area contributed by atoms with Gasteiger partial charge in [0.05, 0.1) is 10.6 Å². The monoisotopic (exact) mass is 622 g/mol. The van der Waals surface area contributed by atoms with E-state index in [1.54, 1.807) is 17.0 Å². The number of hydrogen-bond donors (Lipinski definition) is 2. The van der Waals surface area contributed by atoms with Gasteiger partial charge in [-0.3, -0.25) is 4.90 Å². The standard InChI is InChI=1S/C30H36F2N4O4S.ClH/c1-3-4-17-36(30(37)34-29-14-7-23(31)20-28(29)32)24-15-18-35(19-16-24)21-22-5-8-25(9-6-22)40-26-10-12-27(13-11-26)41(38,39)33-2;/h5-14,20,24,33H,3-4,15-19,21H2,1-2H3,(H,34,37);1H. The van der Waals surface area contributed by atoms with Crippen molar-refractivity contribution >= 4 is 34.1 Å². The van der Waals surface area contributed by atoms with Crippen LogP contribution < -0.4 is 14.8 Å². The number of anilines is 1. The van der Waals surface area contributed by atoms with Gasteiger partial charge >= 0.3 is 6.03 Å². The maximum absolute atomic E-state index is 14.1. The van der Waals surface area contributed by atoms with E-state index < -0.39 is 21.7 Å². The number of piperidine rings is 1. The van der Waals surface area contributed by atoms with Crippen LogP contribution in [0.2, 0.25) is 0 Å². The molecule has 1 heterocycles. The fourth-order valence-electron chi connectivity index (χ4n) is 4.81. The number of carbonyl (C=O) groups is 1. The van der Waals surface area contributed by atoms with E-state index in [9.17, 15) is 22.0 Å². The Morgan fingerprint density at radius 1 is 1.00 bits per heavy atom. The van der Waals surface area contributed by atoms with Crippen molar-refractivity contribution in [1.82, 2.24) is 14.5 Å². The lowest BCUT2D eigenvalue weighted by molar-refractivity contribution is 0.122. The highest BCUT2D eigenvalue weighted by atomic mass is 35.5. The second-order valence-electron chi connectivity index (χ2n) is 10.0. The molecule has 1 fully saturated rings. The summed E-state index contributed by atoms with van der Waals surface area (Å²) in [4.78, 5) is 17.4. The molecule has 3 aromatic carbocycles. The molecule has 3 aromatic rings. The van der Waals surface area contributed by atoms with Crippen molar-refractivity contribution in [3.63, 3.8) is 0 Å². The van der Waals surface area contributed by atoms with Gasteiger partial charge in [0.1, 0.15) is 23.1 Å². The van der Waals surface area contributed by atoms with Gasteiger partial charge in [0, 0.05) is 38.3 Å². The van der Waals surface area contributed by atoms with E-state index >= 15 is 0 Å². The zero-order valence-corrected chi connectivity index (χ0v) is 25.3. The molecule has 1 aliphatic heterocycles. The van der Waals surface area contributed by atoms with E-state index in [1.807, 2.05) is 24.3 Å². The highest BCUT2D eigenvalue weighted by Crippen LogP contribution is 2.25. The quantitative estimate of drug-likeness (QED) is 0.259. The zero-order valence-electron chi connectivity index (χ0n) is 23.7. The highest BCUT2D eigenvalue weighted by molar-refractivity contribution is 7.89. The Hall–Kier alpha value is -3.25. The summed E-state index contributed by atoms with van der Waals surface area (Å²) in [6.45, 7) is 5.01. The first-order valence-corrected chi connectivity index (χ1v) is 15.2. The minimum atomic E-state index is -3.50. The third kappa shape index (κ3) is 8.87. The number of amides is 2. The van der Waals surface area contributed by atoms with Crippen molar-refractivity contribution in [3.8, 4) is 11.5 Å². The summed E-state index contributed by atoms with van der Waals surface area (Å²) in [5.74, 6) is -0.300. The maximum Gasteiger partial charge on any atom is 0.322 e. The van der Waals surface area contributed by atoms with Crippen LogP contribution >= 0.6 is 12.4 Å². The van der Waals surface area contributed by atoms with Crippen LogP contribution in [0.15, 0.2) is 71.6 Å². The molecule has 0 bridgehead atoms. The Kier molecular flexibility index (Phi) is 12.1. The van der Waals surface area contributed by atoms with Gasteiger partial charge in [-0.1, -0.05) is 25.5 Å². The van der Waals surface area contributed by atoms with Crippen molar-refractivity contribution < 1.29 is 26.7 Å². The molecule has 0 atom stereocenters. The molecule has 1 aliphatic rings. The largest absolute Gasteiger partial charge is 0.457 e. The molecule has 42 heavy (non-hydrogen) atoms. The lowest BCUT2D eigenvalue weighted by Gasteiger charge is -2.38. The van der Waals surface area contributed by atoms with Crippen LogP contribution in [0.3, 0.4) is 0 Å². The molecule has 4 rings (SSSR count). The topological polar surface area (TPSA) is 91.0 Å². The van der Waals surface area contributed by atoms with Gasteiger partial charge < -0.3 is 15.0 Å². The fourth-order valence-corrected chi connectivity index (χ4v) is 5.54. The summed E-state index contributed by atoms with van der Waals surface area (Å²) in [5, 5.41) is 2.62. The van der Waals surface area contributed by atoms with Crippen molar-refractivity contribution in [2.45, 2.75) is 50.1 Å². The van der Waals surface area contributed by atoms with Gasteiger partial charge in [-0.05, 0) is 80.4 Å². The molecule has 0 radical (unpaired) electrons. The van der Waals surface area contributed by atoms with E-state index in [0.717, 1.165) is 63.0 Å². The Morgan fingerprint density at radius 3 is 2.19 bits per heavy atom. The van der Waals surface area contributed by atoms with Crippen molar-refractivity contribution in [1.29, 1.82) is 0 Å². The van der Waals surface area contributed by atoms with Gasteiger partial charge in [0.25, 0.3) is 0 Å². The SMILES string of the molecule is CCCCN(C(=O)Nc1ccc(F)cc1F)C1CCN(Cc2ccc(Oc3ccc(S(=O)(=O)NC)cc3)cc2)CC1.Cl. The molecule has 8 nitrogen and oxygen atoms in total. The highest BCUT2D eigenvalue weighted by Gasteiger charge is 2.28. The summed E-state index contributed by atoms with van der Waals surface area (Å²) in [7, 11) is -2.13. The first kappa shape index (κ1) is 33.3. The normalized spacial score (nSPS) is 14.2. The first-order chi connectivity index (χ1) is 19.7. The second kappa shape index (κ2) is 15.3. The van der Waals surface area contributed by atoms with Crippen molar-refractivity contribution in [3.05, 3.63) is 83.9 Å². The summed E-state index contributed by atoms with van der Waals surface area (Å²) in [6.07, 6.45) is 3.36. The molecule has 1 saturated heterocycles. The minimum Gasteiger partial charge on any atom is -0.457 e. The van der Waals surface area contributed by atoms with E-state index in [4.69, 9.17) is 4.74 Å². The summed E-state index contributed by atoms with van der Waals surface area (Å²) in [5.41, 5.74) is 1.10. The van der Waals surface area contributed by atoms with Crippen LogP contribution in [0.4, 0.5) is 19.3 Å². The third-order valence-corrected chi connectivity index (χ3v) is 8.58. The summed E-state index contributed by atoms with van der Waals surface area (Å²) < 4.78 is 59.3. The Labute approximate surface area is 252 Å². The maximum atomic E-state index is 14.1. The van der Waals surface area contributed by atoms with Crippen LogP contribution in [0.5, 0.6) is 11.5 Å². The molecule has 2 N–H and O–H groups in total. The molecule has 228 valence electrons. The smallest absolute Gasteiger partial charge is 0.322 e. The number of unbranched alkanes of at least 4 members (excludes halogenated alkanes) is 1. The number of sulfonamides is 1. The lowest BCUT2D eigenvalue weighted by atomic mass is 10.0. The fraction of sp³-hybridized carbons (Fsp3) is 0.367. The molecular weight excluding hydrogens is 586 g/mol. The average Bonchev–Trinajstić information content (AvgIpc) is 2.97. The molecular formula is C30H37ClF2N4O4S. The summed E-state index contributed by atoms with van der Waals surface area (Å²) >= 11 is 0. The van der Waals surface area contributed by atoms with Gasteiger partial charge in [-0.15, -0.1) is 12.4 Å². The number of benzene rings is 3. The molecule has 0 unspecified atom stereocenters. The number of nitrogens with zero attached hydrogens (tertiary/aromatic N) is 2. The van der Waals surface area contributed by atoms with E-state index in [1.165, 1.54) is 25.2 Å². The number of halogens is 3. The van der Waals surface area contributed by atoms with Crippen LogP contribution in [0.25, 0.3) is 0 Å². The predicted molar refractivity (Wildman–Crippen MR) is 162 cm³/mol. The van der Waals surface area contributed by atoms with Gasteiger partial charge in [-0.2, -0.15) is 0 Å². The number of carbonyl (C=O) groups excluding carboxylic acids is 1. The first-order valence-electron chi connectivity index (χ1n) is 13.7. The third-order valence-electron chi connectivity index (χ3n) is 7.15. The van der Waals surface area contributed by atoms with Gasteiger partial charge in [0.2, 0.25) is 10.0 Å². The van der Waals surface area contributed by atoms with E-state index in [-0.39, 0.29) is 35.1 Å². The number of hydrogen-bond acceptors (Lipinski definition) is 5. The number of ether oxygens (including phenoxy) is 1. The van der Waals surface area contributed by atoms with Crippen LogP contribution in [-0.4, -0.2) is 57.0 Å². The number of likely N-dealkylation sites (tertiary alicyclic amines) is 1. The molecule has 0 saturated carbocycles. The Bertz CT molecular complexity index is 1420. The lowest BCUT2D eigenvalue weighted by Crippen LogP contribution is -2.49. The molecule has 2 amide bonds. The van der Waals surface area contributed by atoms with Crippen LogP contribution in [-0.2, 0) is 16.6 Å². The number of nitrogens with one attached hydrogen (secondary N) is 2. The van der Waals surface area contributed by atoms with E-state index in [2.05, 4.69) is 21.9 Å². The van der Waals surface area contributed by atoms with Crippen LogP contribution in [0.1, 0.15) is 38.2 Å². The second-order valence-corrected chi connectivity index (χ2v) is 11.9. The molecule has 0 aliphatic carbocycles. The minimum absolute atomic E-state index is 0. The summed E-state index contributed by atoms with van der Waals surface area (Å²) in [6, 6.07) is 16.8. The molecule has 0 aromatic heterocycles. The molecule has 0 spiro atoms. The van der Waals surface area contributed by atoms with E-state index in [0.29, 0.717) is 18.0 Å². The molecule has 12 heteroatoms. The number of urea groups is 1. The van der Waals surface area contributed by atoms with Gasteiger partial charge in [-0.25, -0.2) is 26.7 Å². The Morgan fingerprint density at radius 2 is 1.62 bits per heavy atom. The predicted octanol–water partition coefficient (Wildman–Crippen LogP) is 6.39.